The smallest absolute Gasteiger partial charge is 0.126 e. The number of hydrogen-bond acceptors (Lipinski definition) is 1. The molecule has 1 nitrogen and oxygen atoms in total. The van der Waals surface area contributed by atoms with Crippen molar-refractivity contribution < 1.29 is 9.50 Å². The van der Waals surface area contributed by atoms with Crippen molar-refractivity contribution in [2.45, 2.75) is 33.3 Å². The third-order valence-corrected chi connectivity index (χ3v) is 2.29. The van der Waals surface area contributed by atoms with Gasteiger partial charge in [0.1, 0.15) is 5.82 Å². The van der Waals surface area contributed by atoms with Gasteiger partial charge in [-0.05, 0) is 35.6 Å². The van der Waals surface area contributed by atoms with E-state index in [9.17, 15) is 4.39 Å². The Labute approximate surface area is 78.2 Å². The van der Waals surface area contributed by atoms with Gasteiger partial charge in [-0.1, -0.05) is 19.9 Å². The molecule has 13 heavy (non-hydrogen) atoms. The second-order valence-corrected chi connectivity index (χ2v) is 3.56. The Morgan fingerprint density at radius 3 is 2.46 bits per heavy atom. The minimum atomic E-state index is -0.194. The summed E-state index contributed by atoms with van der Waals surface area (Å²) in [5, 5.41) is 9.06. The monoisotopic (exact) mass is 182 g/mol. The molecule has 0 amide bonds. The predicted octanol–water partition coefficient (Wildman–Crippen LogP) is 2.75. The van der Waals surface area contributed by atoms with Crippen molar-refractivity contribution in [1.29, 1.82) is 0 Å². The van der Waals surface area contributed by atoms with Crippen LogP contribution >= 0.6 is 0 Å². The molecule has 0 saturated carbocycles. The average molecular weight is 182 g/mol. The van der Waals surface area contributed by atoms with Crippen molar-refractivity contribution in [2.24, 2.45) is 0 Å². The number of aliphatic hydroxyl groups excluding tert-OH is 1. The molecule has 1 N–H and O–H groups in total. The molecule has 1 aromatic carbocycles. The highest BCUT2D eigenvalue weighted by Crippen LogP contribution is 2.25. The van der Waals surface area contributed by atoms with E-state index in [1.165, 1.54) is 6.07 Å². The Kier molecular flexibility index (Phi) is 3.04. The molecule has 0 aliphatic rings. The second-order valence-electron chi connectivity index (χ2n) is 3.56. The summed E-state index contributed by atoms with van der Waals surface area (Å²) in [6, 6.07) is 3.06. The maximum Gasteiger partial charge on any atom is 0.126 e. The van der Waals surface area contributed by atoms with E-state index in [-0.39, 0.29) is 18.3 Å². The first-order chi connectivity index (χ1) is 6.07. The molecule has 1 aromatic rings. The fourth-order valence-electron chi connectivity index (χ4n) is 1.70. The fraction of sp³-hybridized carbons (Fsp3) is 0.455. The third kappa shape index (κ3) is 1.89. The Morgan fingerprint density at radius 2 is 2.00 bits per heavy atom. The topological polar surface area (TPSA) is 20.2 Å². The van der Waals surface area contributed by atoms with E-state index in [4.69, 9.17) is 5.11 Å². The van der Waals surface area contributed by atoms with Crippen molar-refractivity contribution >= 4 is 0 Å². The van der Waals surface area contributed by atoms with Gasteiger partial charge in [0.15, 0.2) is 0 Å². The van der Waals surface area contributed by atoms with Gasteiger partial charge in [0.2, 0.25) is 0 Å². The van der Waals surface area contributed by atoms with Crippen molar-refractivity contribution in [2.75, 3.05) is 0 Å². The van der Waals surface area contributed by atoms with Gasteiger partial charge >= 0.3 is 0 Å². The summed E-state index contributed by atoms with van der Waals surface area (Å²) >= 11 is 0. The molecule has 0 spiro atoms. The van der Waals surface area contributed by atoms with Gasteiger partial charge in [0.05, 0.1) is 6.61 Å². The van der Waals surface area contributed by atoms with Gasteiger partial charge in [-0.25, -0.2) is 4.39 Å². The molecule has 0 heterocycles. The molecule has 2 heteroatoms. The molecule has 0 atom stereocenters. The molecule has 0 fully saturated rings. The van der Waals surface area contributed by atoms with Crippen LogP contribution in [0.25, 0.3) is 0 Å². The number of halogens is 1. The highest BCUT2D eigenvalue weighted by Gasteiger charge is 2.11. The first-order valence-electron chi connectivity index (χ1n) is 4.46. The zero-order valence-corrected chi connectivity index (χ0v) is 8.26. The summed E-state index contributed by atoms with van der Waals surface area (Å²) in [5.74, 6) is 0.0544. The minimum Gasteiger partial charge on any atom is -0.392 e. The Bertz CT molecular complexity index is 305. The molecule has 0 bridgehead atoms. The second kappa shape index (κ2) is 3.88. The Balaban J connectivity index is 3.32. The van der Waals surface area contributed by atoms with E-state index in [1.54, 1.807) is 13.0 Å². The first kappa shape index (κ1) is 10.2. The minimum absolute atomic E-state index is 0.0192. The van der Waals surface area contributed by atoms with Crippen LogP contribution in [0.15, 0.2) is 12.1 Å². The standard InChI is InChI=1S/C11H15FO/c1-7(2)11-8(3)10(12)5-4-9(11)6-13/h4-5,7,13H,6H2,1-3H3. The zero-order chi connectivity index (χ0) is 10.0. The largest absolute Gasteiger partial charge is 0.392 e. The van der Waals surface area contributed by atoms with E-state index >= 15 is 0 Å². The van der Waals surface area contributed by atoms with Crippen LogP contribution < -0.4 is 0 Å². The highest BCUT2D eigenvalue weighted by atomic mass is 19.1. The third-order valence-electron chi connectivity index (χ3n) is 2.29. The molecule has 0 unspecified atom stereocenters. The van der Waals surface area contributed by atoms with Crippen LogP contribution in [-0.2, 0) is 6.61 Å². The normalized spacial score (nSPS) is 10.9. The summed E-state index contributed by atoms with van der Waals surface area (Å²) in [6.07, 6.45) is 0. The summed E-state index contributed by atoms with van der Waals surface area (Å²) in [5.41, 5.74) is 2.41. The van der Waals surface area contributed by atoms with Gasteiger partial charge in [0, 0.05) is 0 Å². The summed E-state index contributed by atoms with van der Waals surface area (Å²) in [6.45, 7) is 5.74. The van der Waals surface area contributed by atoms with Crippen molar-refractivity contribution in [1.82, 2.24) is 0 Å². The zero-order valence-electron chi connectivity index (χ0n) is 8.26. The van der Waals surface area contributed by atoms with Crippen LogP contribution in [0.5, 0.6) is 0 Å². The lowest BCUT2D eigenvalue weighted by Crippen LogP contribution is -2.01. The Hall–Kier alpha value is -0.890. The average Bonchev–Trinajstić information content (AvgIpc) is 2.08. The van der Waals surface area contributed by atoms with Crippen LogP contribution in [0.1, 0.15) is 36.5 Å². The molecular weight excluding hydrogens is 167 g/mol. The van der Waals surface area contributed by atoms with Crippen LogP contribution in [0.3, 0.4) is 0 Å². The summed E-state index contributed by atoms with van der Waals surface area (Å²) in [7, 11) is 0. The molecule has 0 saturated heterocycles. The lowest BCUT2D eigenvalue weighted by molar-refractivity contribution is 0.280. The molecule has 72 valence electrons. The molecule has 0 aliphatic heterocycles. The van der Waals surface area contributed by atoms with Gasteiger partial charge in [-0.15, -0.1) is 0 Å². The van der Waals surface area contributed by atoms with Crippen molar-refractivity contribution in [3.8, 4) is 0 Å². The van der Waals surface area contributed by atoms with E-state index in [1.807, 2.05) is 13.8 Å². The lowest BCUT2D eigenvalue weighted by Gasteiger charge is -2.14. The predicted molar refractivity (Wildman–Crippen MR) is 51.1 cm³/mol. The molecule has 0 aliphatic carbocycles. The van der Waals surface area contributed by atoms with Gasteiger partial charge < -0.3 is 5.11 Å². The summed E-state index contributed by atoms with van der Waals surface area (Å²) in [4.78, 5) is 0. The van der Waals surface area contributed by atoms with E-state index < -0.39 is 0 Å². The van der Waals surface area contributed by atoms with E-state index in [2.05, 4.69) is 0 Å². The quantitative estimate of drug-likeness (QED) is 0.745. The highest BCUT2D eigenvalue weighted by molar-refractivity contribution is 5.37. The Morgan fingerprint density at radius 1 is 1.38 bits per heavy atom. The molecule has 0 radical (unpaired) electrons. The molecule has 0 aromatic heterocycles. The van der Waals surface area contributed by atoms with E-state index in [0.717, 1.165) is 11.1 Å². The number of benzene rings is 1. The van der Waals surface area contributed by atoms with Crippen LogP contribution in [0.2, 0.25) is 0 Å². The SMILES string of the molecule is Cc1c(F)ccc(CO)c1C(C)C. The van der Waals surface area contributed by atoms with E-state index in [0.29, 0.717) is 5.56 Å². The van der Waals surface area contributed by atoms with Crippen molar-refractivity contribution in [3.63, 3.8) is 0 Å². The van der Waals surface area contributed by atoms with Gasteiger partial charge in [-0.3, -0.25) is 0 Å². The molecular formula is C11H15FO. The van der Waals surface area contributed by atoms with Gasteiger partial charge in [0.25, 0.3) is 0 Å². The maximum absolute atomic E-state index is 13.2. The van der Waals surface area contributed by atoms with Crippen LogP contribution in [0.4, 0.5) is 4.39 Å². The summed E-state index contributed by atoms with van der Waals surface area (Å²) < 4.78 is 13.2. The van der Waals surface area contributed by atoms with Crippen LogP contribution in [-0.4, -0.2) is 5.11 Å². The molecule has 1 rings (SSSR count). The fourth-order valence-corrected chi connectivity index (χ4v) is 1.70. The van der Waals surface area contributed by atoms with Crippen molar-refractivity contribution in [3.05, 3.63) is 34.6 Å². The maximum atomic E-state index is 13.2. The lowest BCUT2D eigenvalue weighted by atomic mass is 9.92. The number of rotatable bonds is 2. The number of hydrogen-bond donors (Lipinski definition) is 1. The van der Waals surface area contributed by atoms with Crippen LogP contribution in [0, 0.1) is 12.7 Å². The van der Waals surface area contributed by atoms with Gasteiger partial charge in [-0.2, -0.15) is 0 Å². The number of aliphatic hydroxyl groups is 1. The first-order valence-corrected chi connectivity index (χ1v) is 4.46.